The molecule has 0 aliphatic carbocycles. The Kier molecular flexibility index (Phi) is 12.3. The van der Waals surface area contributed by atoms with Gasteiger partial charge in [0, 0.05) is 40.0 Å². The summed E-state index contributed by atoms with van der Waals surface area (Å²) in [6.45, 7) is 7.24. The van der Waals surface area contributed by atoms with Gasteiger partial charge >= 0.3 is 0 Å². The van der Waals surface area contributed by atoms with Crippen molar-refractivity contribution in [3.8, 4) is 18.8 Å². The van der Waals surface area contributed by atoms with Crippen molar-refractivity contribution in [3.05, 3.63) is 54.1 Å². The van der Waals surface area contributed by atoms with E-state index >= 15 is 0 Å². The lowest BCUT2D eigenvalue weighted by molar-refractivity contribution is -0.120. The van der Waals surface area contributed by atoms with Gasteiger partial charge in [0.2, 0.25) is 5.91 Å². The molecule has 1 aromatic rings. The summed E-state index contributed by atoms with van der Waals surface area (Å²) < 4.78 is 0. The SMILES string of the molecule is C#C.C/C=C/C=C1\C=N/NCC(=O)c2cc(NC(=O)C3CCB(C#N)CC3)cc(N)c21.C=CC. The van der Waals surface area contributed by atoms with Gasteiger partial charge in [-0.15, -0.1) is 19.4 Å². The van der Waals surface area contributed by atoms with Gasteiger partial charge in [-0.25, -0.2) is 5.26 Å². The highest BCUT2D eigenvalue weighted by atomic mass is 16.2. The first-order valence-electron chi connectivity index (χ1n) is 11.1. The number of benzene rings is 1. The number of nitrogens with one attached hydrogen (secondary N) is 2. The number of ketones is 1. The van der Waals surface area contributed by atoms with Gasteiger partial charge < -0.3 is 16.5 Å². The van der Waals surface area contributed by atoms with Crippen LogP contribution in [0.5, 0.6) is 0 Å². The zero-order valence-electron chi connectivity index (χ0n) is 19.9. The Labute approximate surface area is 203 Å². The molecule has 2 aliphatic rings. The molecule has 176 valence electrons. The van der Waals surface area contributed by atoms with Crippen LogP contribution in [0.15, 0.2) is 48.1 Å². The molecule has 8 heteroatoms. The molecular weight excluding hydrogens is 425 g/mol. The van der Waals surface area contributed by atoms with Gasteiger partial charge in [-0.1, -0.05) is 36.9 Å². The van der Waals surface area contributed by atoms with Crippen LogP contribution < -0.4 is 16.5 Å². The number of carbonyl (C=O) groups is 2. The Hall–Kier alpha value is -4.04. The molecule has 7 nitrogen and oxygen atoms in total. The van der Waals surface area contributed by atoms with Crippen LogP contribution in [0, 0.1) is 30.0 Å². The lowest BCUT2D eigenvalue weighted by atomic mass is 9.42. The van der Waals surface area contributed by atoms with Gasteiger partial charge in [0.25, 0.3) is 6.71 Å². The quantitative estimate of drug-likeness (QED) is 0.270. The fraction of sp³-hybridized carbons (Fsp3) is 0.308. The molecule has 0 aromatic heterocycles. The van der Waals surface area contributed by atoms with Gasteiger partial charge in [0.15, 0.2) is 5.78 Å². The highest BCUT2D eigenvalue weighted by Gasteiger charge is 2.29. The summed E-state index contributed by atoms with van der Waals surface area (Å²) in [6, 6.07) is 3.36. The molecule has 0 radical (unpaired) electrons. The first kappa shape index (κ1) is 28.0. The van der Waals surface area contributed by atoms with Crippen molar-refractivity contribution < 1.29 is 9.59 Å². The van der Waals surface area contributed by atoms with Gasteiger partial charge in [0.05, 0.1) is 12.8 Å². The number of anilines is 2. The van der Waals surface area contributed by atoms with Crippen LogP contribution in [0.1, 0.15) is 42.6 Å². The molecule has 2 aliphatic heterocycles. The van der Waals surface area contributed by atoms with E-state index < -0.39 is 0 Å². The summed E-state index contributed by atoms with van der Waals surface area (Å²) >= 11 is 0. The predicted octanol–water partition coefficient (Wildman–Crippen LogP) is 4.35. The summed E-state index contributed by atoms with van der Waals surface area (Å²) in [5, 5.41) is 16.0. The minimum Gasteiger partial charge on any atom is -0.398 e. The molecule has 34 heavy (non-hydrogen) atoms. The number of nitrogens with two attached hydrogens (primary N) is 1. The molecule has 1 amide bonds. The zero-order chi connectivity index (χ0) is 25.5. The maximum absolute atomic E-state index is 12.7. The van der Waals surface area contributed by atoms with Gasteiger partial charge in [0.1, 0.15) is 0 Å². The number of fused-ring (bicyclic) bond motifs is 1. The number of nitrogens with zero attached hydrogens (tertiary/aromatic N) is 2. The second-order valence-electron chi connectivity index (χ2n) is 7.73. The Morgan fingerprint density at radius 1 is 1.35 bits per heavy atom. The second kappa shape index (κ2) is 14.9. The van der Waals surface area contributed by atoms with Crippen molar-refractivity contribution in [3.63, 3.8) is 0 Å². The number of Topliss-reactive ketones (excluding diaryl/α,β-unsaturated/α-hetero) is 1. The highest BCUT2D eigenvalue weighted by Crippen LogP contribution is 2.31. The average Bonchev–Trinajstić information content (AvgIpc) is 2.84. The van der Waals surface area contributed by atoms with E-state index in [-0.39, 0.29) is 30.9 Å². The van der Waals surface area contributed by atoms with E-state index in [2.05, 4.69) is 41.2 Å². The van der Waals surface area contributed by atoms with E-state index in [1.165, 1.54) is 0 Å². The zero-order valence-corrected chi connectivity index (χ0v) is 19.9. The maximum atomic E-state index is 12.7. The molecule has 0 bridgehead atoms. The monoisotopic (exact) mass is 457 g/mol. The molecule has 0 spiro atoms. The average molecular weight is 457 g/mol. The van der Waals surface area contributed by atoms with Crippen LogP contribution >= 0.6 is 0 Å². The van der Waals surface area contributed by atoms with E-state index in [4.69, 9.17) is 11.0 Å². The largest absolute Gasteiger partial charge is 0.398 e. The number of nitrogen functional groups attached to an aromatic ring is 1. The first-order chi connectivity index (χ1) is 16.4. The normalized spacial score (nSPS) is 17.3. The molecule has 1 saturated heterocycles. The minimum atomic E-state index is -0.152. The Balaban J connectivity index is 0.00000107. The Morgan fingerprint density at radius 2 is 2.00 bits per heavy atom. The molecule has 1 fully saturated rings. The fourth-order valence-electron chi connectivity index (χ4n) is 3.73. The van der Waals surface area contributed by atoms with Crippen molar-refractivity contribution in [1.82, 2.24) is 5.43 Å². The lowest BCUT2D eigenvalue weighted by Gasteiger charge is -2.23. The maximum Gasteiger partial charge on any atom is 0.267 e. The molecule has 2 heterocycles. The second-order valence-corrected chi connectivity index (χ2v) is 7.73. The number of rotatable bonds is 3. The van der Waals surface area contributed by atoms with Crippen LogP contribution in [0.3, 0.4) is 0 Å². The third-order valence-electron chi connectivity index (χ3n) is 5.31. The number of carbonyl (C=O) groups excluding carboxylic acids is 2. The molecule has 0 unspecified atom stereocenters. The number of nitriles is 1. The van der Waals surface area contributed by atoms with E-state index in [0.29, 0.717) is 40.9 Å². The number of hydrogen-bond donors (Lipinski definition) is 3. The van der Waals surface area contributed by atoms with Crippen LogP contribution in [0.25, 0.3) is 5.57 Å². The third kappa shape index (κ3) is 7.83. The fourth-order valence-corrected chi connectivity index (χ4v) is 3.73. The molecule has 0 atom stereocenters. The van der Waals surface area contributed by atoms with E-state index in [9.17, 15) is 9.59 Å². The highest BCUT2D eigenvalue weighted by molar-refractivity contribution is 6.67. The molecular formula is C26H32BN5O2. The van der Waals surface area contributed by atoms with E-state index in [0.717, 1.165) is 12.6 Å². The number of amides is 1. The topological polar surface area (TPSA) is 120 Å². The summed E-state index contributed by atoms with van der Waals surface area (Å²) in [4.78, 5) is 25.3. The van der Waals surface area contributed by atoms with Crippen molar-refractivity contribution >= 4 is 41.6 Å². The van der Waals surface area contributed by atoms with Gasteiger partial charge in [-0.3, -0.25) is 9.59 Å². The van der Waals surface area contributed by atoms with Crippen molar-refractivity contribution in [1.29, 1.82) is 5.26 Å². The molecule has 0 saturated carbocycles. The number of hydrazone groups is 1. The summed E-state index contributed by atoms with van der Waals surface area (Å²) in [5.41, 5.74) is 11.7. The minimum absolute atomic E-state index is 0.0419. The van der Waals surface area contributed by atoms with Crippen LogP contribution in [-0.2, 0) is 4.79 Å². The van der Waals surface area contributed by atoms with Crippen LogP contribution in [0.4, 0.5) is 11.4 Å². The molecule has 1 aromatic carbocycles. The molecule has 4 N–H and O–H groups in total. The predicted molar refractivity (Wildman–Crippen MR) is 143 cm³/mol. The third-order valence-corrected chi connectivity index (χ3v) is 5.31. The van der Waals surface area contributed by atoms with E-state index in [1.807, 2.05) is 32.1 Å². The number of hydrogen-bond acceptors (Lipinski definition) is 6. The summed E-state index contributed by atoms with van der Waals surface area (Å²) in [6.07, 6.45) is 19.8. The van der Waals surface area contributed by atoms with Crippen molar-refractivity contribution in [2.75, 3.05) is 17.6 Å². The van der Waals surface area contributed by atoms with Crippen molar-refractivity contribution in [2.24, 2.45) is 11.0 Å². The number of allylic oxidation sites excluding steroid dienone is 5. The smallest absolute Gasteiger partial charge is 0.267 e. The van der Waals surface area contributed by atoms with Crippen LogP contribution in [-0.4, -0.2) is 31.2 Å². The van der Waals surface area contributed by atoms with Gasteiger partial charge in [-0.2, -0.15) is 5.10 Å². The van der Waals surface area contributed by atoms with E-state index in [1.54, 1.807) is 24.4 Å². The van der Waals surface area contributed by atoms with Crippen LogP contribution in [0.2, 0.25) is 12.6 Å². The number of terminal acetylenes is 1. The Bertz CT molecular complexity index is 1030. The summed E-state index contributed by atoms with van der Waals surface area (Å²) in [7, 11) is 0. The van der Waals surface area contributed by atoms with Gasteiger partial charge in [-0.05, 0) is 38.8 Å². The molecule has 3 rings (SSSR count). The standard InChI is InChI=1S/C21H24BN5O2.C3H6.C2H2/c1-2-3-4-15-11-25-26-12-19(28)17-9-16(10-18(24)20(15)17)27-21(29)14-5-7-22(13-23)8-6-14;1-3-2;1-2/h2-4,9-11,14,26H,5-8,12,24H2,1H3,(H,27,29);3H,1H2,2H3;1-2H/b3-2+,15-4+,25-11-;;. The lowest BCUT2D eigenvalue weighted by Crippen LogP contribution is -2.29. The first-order valence-corrected chi connectivity index (χ1v) is 11.1. The Morgan fingerprint density at radius 3 is 2.59 bits per heavy atom. The summed E-state index contributed by atoms with van der Waals surface area (Å²) in [5.74, 6) is 1.90. The van der Waals surface area contributed by atoms with Crippen molar-refractivity contribution in [2.45, 2.75) is 39.3 Å².